The van der Waals surface area contributed by atoms with Crippen molar-refractivity contribution < 1.29 is 23.4 Å². The first-order valence-electron chi connectivity index (χ1n) is 11.3. The zero-order chi connectivity index (χ0) is 22.8. The van der Waals surface area contributed by atoms with Gasteiger partial charge in [-0.15, -0.1) is 0 Å². The topological polar surface area (TPSA) is 63.6 Å². The monoisotopic (exact) mass is 453 g/mol. The summed E-state index contributed by atoms with van der Waals surface area (Å²) in [6, 6.07) is 13.8. The number of methoxy groups -OCH3 is 1. The molecule has 5 rings (SSSR count). The lowest BCUT2D eigenvalue weighted by Crippen LogP contribution is -2.48. The summed E-state index contributed by atoms with van der Waals surface area (Å²) in [5, 5.41) is 6.23. The Kier molecular flexibility index (Phi) is 6.14. The van der Waals surface area contributed by atoms with Gasteiger partial charge in [0.25, 0.3) is 5.91 Å². The highest BCUT2D eigenvalue weighted by Gasteiger charge is 2.41. The number of ether oxygens (including phenoxy) is 3. The lowest BCUT2D eigenvalue weighted by Gasteiger charge is -2.37. The minimum atomic E-state index is -0.471. The predicted octanol–water partition coefficient (Wildman–Crippen LogP) is 3.35. The van der Waals surface area contributed by atoms with Crippen molar-refractivity contribution in [2.75, 3.05) is 40.0 Å². The van der Waals surface area contributed by atoms with Gasteiger partial charge in [-0.2, -0.15) is 5.10 Å². The molecule has 0 radical (unpaired) electrons. The van der Waals surface area contributed by atoms with Crippen LogP contribution in [0, 0.1) is 5.82 Å². The van der Waals surface area contributed by atoms with E-state index in [0.717, 1.165) is 37.2 Å². The third-order valence-corrected chi connectivity index (χ3v) is 6.61. The van der Waals surface area contributed by atoms with Gasteiger partial charge in [0.2, 0.25) is 0 Å². The number of carbonyl (C=O) groups is 1. The van der Waals surface area contributed by atoms with E-state index in [1.165, 1.54) is 12.1 Å². The normalized spacial score (nSPS) is 22.5. The van der Waals surface area contributed by atoms with E-state index in [1.54, 1.807) is 18.2 Å². The maximum atomic E-state index is 13.8. The summed E-state index contributed by atoms with van der Waals surface area (Å²) in [6.07, 6.45) is 2.02. The Balaban J connectivity index is 1.34. The number of hydrogen-bond donors (Lipinski definition) is 0. The summed E-state index contributed by atoms with van der Waals surface area (Å²) < 4.78 is 30.7. The number of nitrogens with zero attached hydrogens (tertiary/aromatic N) is 3. The van der Waals surface area contributed by atoms with Crippen LogP contribution in [-0.2, 0) is 14.3 Å². The predicted molar refractivity (Wildman–Crippen MR) is 120 cm³/mol. The fraction of sp³-hybridized carbons (Fsp3) is 0.440. The molecule has 7 nitrogen and oxygen atoms in total. The number of benzene rings is 2. The molecule has 3 heterocycles. The van der Waals surface area contributed by atoms with E-state index < -0.39 is 5.79 Å². The van der Waals surface area contributed by atoms with Crippen LogP contribution < -0.4 is 4.74 Å². The smallest absolute Gasteiger partial charge is 0.257 e. The molecule has 2 aromatic rings. The van der Waals surface area contributed by atoms with Crippen LogP contribution in [0.25, 0.3) is 0 Å². The van der Waals surface area contributed by atoms with Crippen LogP contribution in [0.5, 0.6) is 5.75 Å². The van der Waals surface area contributed by atoms with Crippen LogP contribution >= 0.6 is 0 Å². The number of halogens is 1. The van der Waals surface area contributed by atoms with Gasteiger partial charge >= 0.3 is 0 Å². The summed E-state index contributed by atoms with van der Waals surface area (Å²) in [7, 11) is 1.62. The summed E-state index contributed by atoms with van der Waals surface area (Å²) in [5.74, 6) is -0.118. The number of amides is 1. The Morgan fingerprint density at radius 1 is 1.15 bits per heavy atom. The molecule has 2 fully saturated rings. The molecule has 2 aromatic carbocycles. The Hall–Kier alpha value is -2.81. The van der Waals surface area contributed by atoms with Crippen LogP contribution in [0.4, 0.5) is 4.39 Å². The summed E-state index contributed by atoms with van der Waals surface area (Å²) in [6.45, 7) is 2.99. The molecule has 1 atom stereocenters. The molecular formula is C25H28FN3O4. The van der Waals surface area contributed by atoms with Gasteiger partial charge in [0.1, 0.15) is 11.6 Å². The van der Waals surface area contributed by atoms with Crippen LogP contribution in [0.2, 0.25) is 0 Å². The maximum Gasteiger partial charge on any atom is 0.257 e. The van der Waals surface area contributed by atoms with E-state index in [0.29, 0.717) is 30.9 Å². The fourth-order valence-corrected chi connectivity index (χ4v) is 4.77. The van der Waals surface area contributed by atoms with Gasteiger partial charge < -0.3 is 14.2 Å². The number of rotatable bonds is 5. The van der Waals surface area contributed by atoms with Gasteiger partial charge in [0, 0.05) is 37.9 Å². The Labute approximate surface area is 192 Å². The van der Waals surface area contributed by atoms with Crippen LogP contribution in [0.3, 0.4) is 0 Å². The first-order chi connectivity index (χ1) is 16.0. The molecule has 33 heavy (non-hydrogen) atoms. The number of hydrogen-bond acceptors (Lipinski definition) is 6. The number of piperidine rings is 1. The van der Waals surface area contributed by atoms with Crippen molar-refractivity contribution in [3.63, 3.8) is 0 Å². The van der Waals surface area contributed by atoms with Crippen molar-refractivity contribution in [1.82, 2.24) is 9.91 Å². The van der Waals surface area contributed by atoms with E-state index >= 15 is 0 Å². The highest BCUT2D eigenvalue weighted by atomic mass is 19.1. The van der Waals surface area contributed by atoms with Crippen LogP contribution in [0.15, 0.2) is 53.6 Å². The molecule has 2 saturated heterocycles. The largest absolute Gasteiger partial charge is 0.497 e. The third-order valence-electron chi connectivity index (χ3n) is 6.61. The van der Waals surface area contributed by atoms with Crippen molar-refractivity contribution in [3.05, 3.63) is 65.5 Å². The highest BCUT2D eigenvalue weighted by molar-refractivity contribution is 6.03. The van der Waals surface area contributed by atoms with Gasteiger partial charge in [0.05, 0.1) is 38.6 Å². The Morgan fingerprint density at radius 2 is 1.88 bits per heavy atom. The summed E-state index contributed by atoms with van der Waals surface area (Å²) >= 11 is 0. The first-order valence-corrected chi connectivity index (χ1v) is 11.3. The summed E-state index contributed by atoms with van der Waals surface area (Å²) in [4.78, 5) is 15.5. The third kappa shape index (κ3) is 4.64. The fourth-order valence-electron chi connectivity index (χ4n) is 4.77. The zero-order valence-corrected chi connectivity index (χ0v) is 18.7. The van der Waals surface area contributed by atoms with E-state index in [4.69, 9.17) is 14.2 Å². The average Bonchev–Trinajstić information content (AvgIpc) is 3.49. The molecule has 0 aromatic heterocycles. The second-order valence-electron chi connectivity index (χ2n) is 8.67. The molecule has 1 amide bonds. The van der Waals surface area contributed by atoms with Crippen molar-refractivity contribution in [2.24, 2.45) is 5.10 Å². The maximum absolute atomic E-state index is 13.8. The van der Waals surface area contributed by atoms with Crippen LogP contribution in [-0.4, -0.2) is 67.3 Å². The average molecular weight is 454 g/mol. The Morgan fingerprint density at radius 3 is 2.55 bits per heavy atom. The van der Waals surface area contributed by atoms with Gasteiger partial charge in [-0.3, -0.25) is 9.69 Å². The van der Waals surface area contributed by atoms with Crippen LogP contribution in [0.1, 0.15) is 36.4 Å². The number of carbonyl (C=O) groups excluding carboxylic acids is 1. The lowest BCUT2D eigenvalue weighted by atomic mass is 9.98. The van der Waals surface area contributed by atoms with Gasteiger partial charge in [-0.05, 0) is 29.8 Å². The van der Waals surface area contributed by atoms with E-state index in [-0.39, 0.29) is 24.3 Å². The van der Waals surface area contributed by atoms with Crippen molar-refractivity contribution in [1.29, 1.82) is 0 Å². The molecule has 0 N–H and O–H groups in total. The SMILES string of the molecule is COc1ccc(C2CC(c3cccc(F)c3)=NN2C(=O)CN2CCC3(CC2)OCCO3)cc1. The Bertz CT molecular complexity index is 1030. The molecule has 0 aliphatic carbocycles. The minimum Gasteiger partial charge on any atom is -0.497 e. The molecular weight excluding hydrogens is 425 g/mol. The molecule has 1 spiro atoms. The molecule has 1 unspecified atom stereocenters. The van der Waals surface area contributed by atoms with Crippen molar-refractivity contribution >= 4 is 11.6 Å². The highest BCUT2D eigenvalue weighted by Crippen LogP contribution is 2.35. The van der Waals surface area contributed by atoms with Gasteiger partial charge in [-0.1, -0.05) is 24.3 Å². The number of hydrazone groups is 1. The van der Waals surface area contributed by atoms with E-state index in [2.05, 4.69) is 10.0 Å². The quantitative estimate of drug-likeness (QED) is 0.695. The standard InChI is InChI=1S/C25H28FN3O4/c1-31-21-7-5-18(6-8-21)23-16-22(19-3-2-4-20(26)15-19)27-29(23)24(30)17-28-11-9-25(10-12-28)32-13-14-33-25/h2-8,15,23H,9-14,16-17H2,1H3. The zero-order valence-electron chi connectivity index (χ0n) is 18.7. The van der Waals surface area contributed by atoms with Crippen molar-refractivity contribution in [3.8, 4) is 5.75 Å². The lowest BCUT2D eigenvalue weighted by molar-refractivity contribution is -0.186. The second kappa shape index (κ2) is 9.21. The van der Waals surface area contributed by atoms with Gasteiger partial charge in [0.15, 0.2) is 5.79 Å². The van der Waals surface area contributed by atoms with Gasteiger partial charge in [-0.25, -0.2) is 9.40 Å². The molecule has 0 bridgehead atoms. The summed E-state index contributed by atoms with van der Waals surface area (Å²) in [5.41, 5.74) is 2.36. The number of likely N-dealkylation sites (tertiary alicyclic amines) is 1. The van der Waals surface area contributed by atoms with Crippen molar-refractivity contribution in [2.45, 2.75) is 31.1 Å². The van der Waals surface area contributed by atoms with E-state index in [9.17, 15) is 9.18 Å². The molecule has 8 heteroatoms. The molecule has 174 valence electrons. The second-order valence-corrected chi connectivity index (χ2v) is 8.67. The molecule has 3 aliphatic rings. The van der Waals surface area contributed by atoms with E-state index in [1.807, 2.05) is 30.3 Å². The molecule has 0 saturated carbocycles. The first kappa shape index (κ1) is 22.0. The minimum absolute atomic E-state index is 0.0774. The molecule has 3 aliphatic heterocycles.